The molecule has 0 spiro atoms. The van der Waals surface area contributed by atoms with E-state index in [0.717, 1.165) is 25.7 Å². The van der Waals surface area contributed by atoms with Crippen molar-refractivity contribution in [2.45, 2.75) is 63.4 Å². The van der Waals surface area contributed by atoms with Crippen LogP contribution >= 0.6 is 0 Å². The summed E-state index contributed by atoms with van der Waals surface area (Å²) in [6.07, 6.45) is 3.73. The molecule has 0 aromatic heterocycles. The third-order valence-corrected chi connectivity index (χ3v) is 5.93. The van der Waals surface area contributed by atoms with Crippen molar-refractivity contribution in [3.63, 3.8) is 0 Å². The first-order valence-electron chi connectivity index (χ1n) is 6.48. The summed E-state index contributed by atoms with van der Waals surface area (Å²) >= 11 is 0. The van der Waals surface area contributed by atoms with E-state index in [1.54, 1.807) is 4.31 Å². The number of rotatable bonds is 2. The molecule has 1 aliphatic heterocycles. The third-order valence-electron chi connectivity index (χ3n) is 3.62. The van der Waals surface area contributed by atoms with Crippen LogP contribution in [0, 0.1) is 0 Å². The van der Waals surface area contributed by atoms with Gasteiger partial charge in [-0.15, -0.1) is 0 Å². The summed E-state index contributed by atoms with van der Waals surface area (Å²) < 4.78 is 32.4. The smallest absolute Gasteiger partial charge is 0.217 e. The molecular weight excluding hydrogens is 238 g/mol. The Bertz CT molecular complexity index is 371. The van der Waals surface area contributed by atoms with Gasteiger partial charge in [-0.25, -0.2) is 8.42 Å². The van der Waals surface area contributed by atoms with Crippen molar-refractivity contribution in [3.8, 4) is 0 Å². The lowest BCUT2D eigenvalue weighted by atomic mass is 10.1. The molecular formula is C12H23NO3S. The van der Waals surface area contributed by atoms with Crippen molar-refractivity contribution >= 4 is 10.0 Å². The van der Waals surface area contributed by atoms with Crippen LogP contribution in [0.2, 0.25) is 0 Å². The lowest BCUT2D eigenvalue weighted by Crippen LogP contribution is -2.55. The van der Waals surface area contributed by atoms with Gasteiger partial charge in [-0.2, -0.15) is 4.31 Å². The quantitative estimate of drug-likeness (QED) is 0.761. The van der Waals surface area contributed by atoms with E-state index in [0.29, 0.717) is 13.1 Å². The zero-order chi connectivity index (χ0) is 12.7. The van der Waals surface area contributed by atoms with Crippen LogP contribution in [0.15, 0.2) is 0 Å². The van der Waals surface area contributed by atoms with Crippen LogP contribution in [-0.4, -0.2) is 42.8 Å². The Balaban J connectivity index is 2.15. The Morgan fingerprint density at radius 2 is 1.82 bits per heavy atom. The summed E-state index contributed by atoms with van der Waals surface area (Å²) in [5.74, 6) is 0. The largest absolute Gasteiger partial charge is 0.370 e. The summed E-state index contributed by atoms with van der Waals surface area (Å²) in [5.41, 5.74) is -0.372. The maximum absolute atomic E-state index is 12.5. The predicted molar refractivity (Wildman–Crippen MR) is 67.4 cm³/mol. The minimum Gasteiger partial charge on any atom is -0.370 e. The van der Waals surface area contributed by atoms with Crippen LogP contribution in [0.4, 0.5) is 0 Å². The van der Waals surface area contributed by atoms with Gasteiger partial charge in [0, 0.05) is 13.1 Å². The summed E-state index contributed by atoms with van der Waals surface area (Å²) in [4.78, 5) is 0. The maximum Gasteiger partial charge on any atom is 0.217 e. The van der Waals surface area contributed by atoms with Crippen LogP contribution in [0.3, 0.4) is 0 Å². The number of nitrogens with zero attached hydrogens (tertiary/aromatic N) is 1. The average molecular weight is 261 g/mol. The number of sulfonamides is 1. The van der Waals surface area contributed by atoms with Gasteiger partial charge in [0.1, 0.15) is 0 Å². The van der Waals surface area contributed by atoms with Crippen molar-refractivity contribution in [3.05, 3.63) is 0 Å². The monoisotopic (exact) mass is 261 g/mol. The first-order valence-corrected chi connectivity index (χ1v) is 7.98. The molecule has 0 amide bonds. The fraction of sp³-hybridized carbons (Fsp3) is 1.00. The molecule has 1 heterocycles. The Kier molecular flexibility index (Phi) is 3.54. The molecule has 0 bridgehead atoms. The van der Waals surface area contributed by atoms with E-state index in [9.17, 15) is 8.42 Å². The molecule has 0 radical (unpaired) electrons. The lowest BCUT2D eigenvalue weighted by molar-refractivity contribution is -0.109. The number of ether oxygens (including phenoxy) is 1. The SMILES string of the molecule is CC1CN(S(=O)(=O)C2CCCC2)CC(C)(C)O1. The molecule has 17 heavy (non-hydrogen) atoms. The molecule has 2 aliphatic rings. The van der Waals surface area contributed by atoms with Gasteiger partial charge in [-0.1, -0.05) is 12.8 Å². The summed E-state index contributed by atoms with van der Waals surface area (Å²) in [6, 6.07) is 0. The minimum atomic E-state index is -3.11. The van der Waals surface area contributed by atoms with Gasteiger partial charge in [0.15, 0.2) is 0 Å². The van der Waals surface area contributed by atoms with E-state index in [-0.39, 0.29) is 17.0 Å². The van der Waals surface area contributed by atoms with E-state index in [1.807, 2.05) is 20.8 Å². The van der Waals surface area contributed by atoms with Crippen molar-refractivity contribution in [1.29, 1.82) is 0 Å². The van der Waals surface area contributed by atoms with Crippen LogP contribution in [0.1, 0.15) is 46.5 Å². The Morgan fingerprint density at radius 1 is 1.24 bits per heavy atom. The van der Waals surface area contributed by atoms with Gasteiger partial charge < -0.3 is 4.74 Å². The van der Waals surface area contributed by atoms with E-state index < -0.39 is 10.0 Å². The molecule has 1 saturated carbocycles. The van der Waals surface area contributed by atoms with Crippen LogP contribution in [0.25, 0.3) is 0 Å². The second-order valence-electron chi connectivity index (χ2n) is 5.93. The fourth-order valence-corrected chi connectivity index (χ4v) is 5.25. The standard InChI is InChI=1S/C12H23NO3S/c1-10-8-13(9-12(2,3)16-10)17(14,15)11-6-4-5-7-11/h10-11H,4-9H2,1-3H3. The van der Waals surface area contributed by atoms with E-state index in [2.05, 4.69) is 0 Å². The molecule has 0 N–H and O–H groups in total. The second kappa shape index (κ2) is 4.52. The molecule has 100 valence electrons. The van der Waals surface area contributed by atoms with Crippen LogP contribution in [0.5, 0.6) is 0 Å². The third kappa shape index (κ3) is 2.83. The summed E-state index contributed by atoms with van der Waals surface area (Å²) in [6.45, 7) is 6.84. The molecule has 4 nitrogen and oxygen atoms in total. The highest BCUT2D eigenvalue weighted by atomic mass is 32.2. The molecule has 1 saturated heterocycles. The summed E-state index contributed by atoms with van der Waals surface area (Å²) in [7, 11) is -3.11. The van der Waals surface area contributed by atoms with Gasteiger partial charge in [0.25, 0.3) is 0 Å². The molecule has 1 atom stereocenters. The molecule has 2 fully saturated rings. The normalized spacial score (nSPS) is 31.8. The zero-order valence-electron chi connectivity index (χ0n) is 11.0. The zero-order valence-corrected chi connectivity index (χ0v) is 11.8. The molecule has 1 unspecified atom stereocenters. The number of morpholine rings is 1. The van der Waals surface area contributed by atoms with Gasteiger partial charge in [0.2, 0.25) is 10.0 Å². The first-order chi connectivity index (χ1) is 7.81. The summed E-state index contributed by atoms with van der Waals surface area (Å²) in [5, 5.41) is -0.149. The van der Waals surface area contributed by atoms with E-state index in [1.165, 1.54) is 0 Å². The first kappa shape index (κ1) is 13.3. The van der Waals surface area contributed by atoms with Gasteiger partial charge >= 0.3 is 0 Å². The van der Waals surface area contributed by atoms with Gasteiger partial charge in [-0.3, -0.25) is 0 Å². The fourth-order valence-electron chi connectivity index (χ4n) is 2.99. The predicted octanol–water partition coefficient (Wildman–Crippen LogP) is 1.76. The van der Waals surface area contributed by atoms with Crippen LogP contribution in [-0.2, 0) is 14.8 Å². The number of hydrogen-bond donors (Lipinski definition) is 0. The topological polar surface area (TPSA) is 46.6 Å². The Morgan fingerprint density at radius 3 is 2.35 bits per heavy atom. The maximum atomic E-state index is 12.5. The lowest BCUT2D eigenvalue weighted by Gasteiger charge is -2.41. The van der Waals surface area contributed by atoms with Gasteiger partial charge in [0.05, 0.1) is 17.0 Å². The highest BCUT2D eigenvalue weighted by Gasteiger charge is 2.41. The van der Waals surface area contributed by atoms with Crippen LogP contribution < -0.4 is 0 Å². The number of hydrogen-bond acceptors (Lipinski definition) is 3. The van der Waals surface area contributed by atoms with E-state index in [4.69, 9.17) is 4.74 Å². The van der Waals surface area contributed by atoms with Crippen molar-refractivity contribution in [1.82, 2.24) is 4.31 Å². The average Bonchev–Trinajstić information content (AvgIpc) is 2.67. The highest BCUT2D eigenvalue weighted by Crippen LogP contribution is 2.30. The van der Waals surface area contributed by atoms with E-state index >= 15 is 0 Å². The van der Waals surface area contributed by atoms with Crippen molar-refractivity contribution in [2.24, 2.45) is 0 Å². The van der Waals surface area contributed by atoms with Gasteiger partial charge in [-0.05, 0) is 33.6 Å². The second-order valence-corrected chi connectivity index (χ2v) is 8.15. The highest BCUT2D eigenvalue weighted by molar-refractivity contribution is 7.89. The minimum absolute atomic E-state index is 0.0186. The molecule has 2 rings (SSSR count). The molecule has 5 heteroatoms. The Hall–Kier alpha value is -0.130. The molecule has 0 aromatic carbocycles. The van der Waals surface area contributed by atoms with Crippen molar-refractivity contribution < 1.29 is 13.2 Å². The molecule has 1 aliphatic carbocycles. The molecule has 0 aromatic rings. The Labute approximate surface area is 104 Å². The van der Waals surface area contributed by atoms with Crippen molar-refractivity contribution in [2.75, 3.05) is 13.1 Å².